The summed E-state index contributed by atoms with van der Waals surface area (Å²) >= 11 is 0. The predicted octanol–water partition coefficient (Wildman–Crippen LogP) is 3.23. The zero-order valence-corrected chi connectivity index (χ0v) is 17.0. The fourth-order valence-corrected chi connectivity index (χ4v) is 4.83. The smallest absolute Gasteiger partial charge is 0.269 e. The van der Waals surface area contributed by atoms with E-state index >= 15 is 0 Å². The summed E-state index contributed by atoms with van der Waals surface area (Å²) in [5.74, 6) is 0.430. The number of aromatic amines is 1. The monoisotopic (exact) mass is 421 g/mol. The Kier molecular flexibility index (Phi) is 4.80. The third kappa shape index (κ3) is 3.39. The number of rotatable bonds is 3. The van der Waals surface area contributed by atoms with Crippen LogP contribution in [0.25, 0.3) is 0 Å². The number of carbonyl (C=O) groups excluding carboxylic acids is 1. The Hall–Kier alpha value is -3.49. The lowest BCUT2D eigenvalue weighted by atomic mass is 9.76. The molecule has 9 heteroatoms. The van der Waals surface area contributed by atoms with Gasteiger partial charge in [-0.25, -0.2) is 0 Å². The molecule has 3 heterocycles. The highest BCUT2D eigenvalue weighted by atomic mass is 16.6. The quantitative estimate of drug-likeness (QED) is 0.576. The maximum atomic E-state index is 13.3. The van der Waals surface area contributed by atoms with E-state index in [1.54, 1.807) is 12.1 Å². The molecule has 1 fully saturated rings. The molecule has 0 radical (unpaired) electrons. The van der Waals surface area contributed by atoms with Gasteiger partial charge in [0.15, 0.2) is 5.78 Å². The zero-order valence-electron chi connectivity index (χ0n) is 17.0. The number of hydrogen-bond donors (Lipinski definition) is 2. The normalized spacial score (nSPS) is 20.7. The van der Waals surface area contributed by atoms with Crippen LogP contribution in [0.3, 0.4) is 0 Å². The Balaban J connectivity index is 1.65. The first-order valence-electron chi connectivity index (χ1n) is 10.7. The maximum absolute atomic E-state index is 13.3. The standard InChI is InChI=1S/C22H23N5O4/c28-16-6-4-5-15-18(16)17(13-7-9-14(10-8-13)27(30)31)19-20(23-15)24-22(25-21(19)29)26-11-2-1-3-12-26/h7-10,17H,1-6,11-12H2,(H2,23,24,25,29)/t17-/m1/s1. The highest BCUT2D eigenvalue weighted by Gasteiger charge is 2.38. The molecule has 2 aromatic rings. The Labute approximate surface area is 178 Å². The molecule has 0 saturated carbocycles. The van der Waals surface area contributed by atoms with Gasteiger partial charge in [0.25, 0.3) is 11.2 Å². The van der Waals surface area contributed by atoms with Crippen molar-refractivity contribution in [2.45, 2.75) is 44.4 Å². The lowest BCUT2D eigenvalue weighted by Crippen LogP contribution is -2.36. The molecule has 31 heavy (non-hydrogen) atoms. The molecule has 0 bridgehead atoms. The van der Waals surface area contributed by atoms with Gasteiger partial charge in [-0.2, -0.15) is 4.98 Å². The van der Waals surface area contributed by atoms with Gasteiger partial charge >= 0.3 is 0 Å². The zero-order chi connectivity index (χ0) is 21.5. The molecule has 1 saturated heterocycles. The second-order valence-electron chi connectivity index (χ2n) is 8.28. The molecule has 9 nitrogen and oxygen atoms in total. The van der Waals surface area contributed by atoms with Crippen LogP contribution in [0.4, 0.5) is 17.5 Å². The second kappa shape index (κ2) is 7.64. The number of fused-ring (bicyclic) bond motifs is 1. The lowest BCUT2D eigenvalue weighted by molar-refractivity contribution is -0.384. The Morgan fingerprint density at radius 2 is 1.77 bits per heavy atom. The minimum Gasteiger partial charge on any atom is -0.343 e. The number of carbonyl (C=O) groups is 1. The summed E-state index contributed by atoms with van der Waals surface area (Å²) in [7, 11) is 0. The van der Waals surface area contributed by atoms with E-state index in [0.717, 1.165) is 38.0 Å². The molecule has 1 aromatic heterocycles. The van der Waals surface area contributed by atoms with Gasteiger partial charge in [-0.1, -0.05) is 12.1 Å². The van der Waals surface area contributed by atoms with E-state index in [9.17, 15) is 19.7 Å². The fraction of sp³-hybridized carbons (Fsp3) is 0.409. The van der Waals surface area contributed by atoms with Crippen molar-refractivity contribution < 1.29 is 9.72 Å². The van der Waals surface area contributed by atoms with Crippen LogP contribution in [0.5, 0.6) is 0 Å². The number of non-ortho nitro benzene ring substituents is 1. The summed E-state index contributed by atoms with van der Waals surface area (Å²) in [5, 5.41) is 14.3. The van der Waals surface area contributed by atoms with Gasteiger partial charge < -0.3 is 10.2 Å². The largest absolute Gasteiger partial charge is 0.343 e. The summed E-state index contributed by atoms with van der Waals surface area (Å²) in [6.07, 6.45) is 5.17. The number of H-pyrrole nitrogens is 1. The van der Waals surface area contributed by atoms with Crippen LogP contribution in [-0.2, 0) is 4.79 Å². The summed E-state index contributed by atoms with van der Waals surface area (Å²) in [4.78, 5) is 46.5. The number of hydrogen-bond acceptors (Lipinski definition) is 7. The van der Waals surface area contributed by atoms with Crippen molar-refractivity contribution in [3.63, 3.8) is 0 Å². The van der Waals surface area contributed by atoms with Crippen LogP contribution >= 0.6 is 0 Å². The number of Topliss-reactive ketones (excluding diaryl/α,β-unsaturated/α-hetero) is 1. The first kappa shape index (κ1) is 19.5. The van der Waals surface area contributed by atoms with Crippen molar-refractivity contribution in [1.82, 2.24) is 9.97 Å². The molecular weight excluding hydrogens is 398 g/mol. The third-order valence-corrected chi connectivity index (χ3v) is 6.34. The van der Waals surface area contributed by atoms with Crippen molar-refractivity contribution in [2.75, 3.05) is 23.3 Å². The number of aromatic nitrogens is 2. The number of ketones is 1. The van der Waals surface area contributed by atoms with E-state index in [4.69, 9.17) is 4.98 Å². The second-order valence-corrected chi connectivity index (χ2v) is 8.28. The highest BCUT2D eigenvalue weighted by Crippen LogP contribution is 2.43. The average Bonchev–Trinajstić information content (AvgIpc) is 2.78. The van der Waals surface area contributed by atoms with Crippen molar-refractivity contribution in [2.24, 2.45) is 0 Å². The Morgan fingerprint density at radius 1 is 1.03 bits per heavy atom. The van der Waals surface area contributed by atoms with Crippen molar-refractivity contribution >= 4 is 23.2 Å². The predicted molar refractivity (Wildman–Crippen MR) is 115 cm³/mol. The fourth-order valence-electron chi connectivity index (χ4n) is 4.83. The lowest BCUT2D eigenvalue weighted by Gasteiger charge is -2.34. The van der Waals surface area contributed by atoms with E-state index < -0.39 is 10.8 Å². The molecule has 5 rings (SSSR count). The molecule has 2 aliphatic heterocycles. The van der Waals surface area contributed by atoms with Gasteiger partial charge in [-0.3, -0.25) is 24.7 Å². The minimum absolute atomic E-state index is 0.00209. The molecule has 160 valence electrons. The van der Waals surface area contributed by atoms with E-state index in [2.05, 4.69) is 15.2 Å². The van der Waals surface area contributed by atoms with Crippen LogP contribution in [0, 0.1) is 10.1 Å². The number of benzene rings is 1. The number of piperidine rings is 1. The van der Waals surface area contributed by atoms with Gasteiger partial charge in [-0.15, -0.1) is 0 Å². The summed E-state index contributed by atoms with van der Waals surface area (Å²) < 4.78 is 0. The number of nitro groups is 1. The molecule has 1 aromatic carbocycles. The molecule has 0 amide bonds. The summed E-state index contributed by atoms with van der Waals surface area (Å²) in [5.41, 5.74) is 2.12. The minimum atomic E-state index is -0.591. The Morgan fingerprint density at radius 3 is 2.48 bits per heavy atom. The number of nitrogens with one attached hydrogen (secondary N) is 2. The van der Waals surface area contributed by atoms with Crippen LogP contribution in [0.15, 0.2) is 40.3 Å². The van der Waals surface area contributed by atoms with Crippen LogP contribution in [0.1, 0.15) is 55.6 Å². The van der Waals surface area contributed by atoms with Crippen molar-refractivity contribution in [3.05, 3.63) is 67.1 Å². The number of allylic oxidation sites excluding steroid dienone is 2. The van der Waals surface area contributed by atoms with Gasteiger partial charge in [0.2, 0.25) is 5.95 Å². The van der Waals surface area contributed by atoms with Gasteiger partial charge in [0.05, 0.1) is 10.5 Å². The molecule has 2 N–H and O–H groups in total. The van der Waals surface area contributed by atoms with Gasteiger partial charge in [0.1, 0.15) is 5.82 Å². The number of nitro benzene ring substituents is 1. The van der Waals surface area contributed by atoms with Crippen LogP contribution < -0.4 is 15.8 Å². The molecule has 0 spiro atoms. The SMILES string of the molecule is O=C1CCCC2=C1[C@@H](c1ccc([N+](=O)[O-])cc1)c1c(nc(N3CCCCC3)[nH]c1=O)N2. The molecule has 0 unspecified atom stereocenters. The van der Waals surface area contributed by atoms with Crippen molar-refractivity contribution in [1.29, 1.82) is 0 Å². The van der Waals surface area contributed by atoms with Crippen LogP contribution in [-0.4, -0.2) is 33.8 Å². The molecule has 1 aliphatic carbocycles. The molecular formula is C22H23N5O4. The Bertz CT molecular complexity index is 1150. The van der Waals surface area contributed by atoms with E-state index in [1.807, 2.05) is 0 Å². The first-order chi connectivity index (χ1) is 15.0. The van der Waals surface area contributed by atoms with E-state index in [1.165, 1.54) is 18.6 Å². The number of nitrogens with zero attached hydrogens (tertiary/aromatic N) is 3. The topological polar surface area (TPSA) is 121 Å². The van der Waals surface area contributed by atoms with Gasteiger partial charge in [-0.05, 0) is 37.7 Å². The van der Waals surface area contributed by atoms with Crippen molar-refractivity contribution in [3.8, 4) is 0 Å². The summed E-state index contributed by atoms with van der Waals surface area (Å²) in [6.45, 7) is 1.69. The third-order valence-electron chi connectivity index (χ3n) is 6.34. The van der Waals surface area contributed by atoms with Gasteiger partial charge in [0, 0.05) is 48.8 Å². The van der Waals surface area contributed by atoms with E-state index in [0.29, 0.717) is 41.3 Å². The average molecular weight is 421 g/mol. The van der Waals surface area contributed by atoms with Crippen LogP contribution in [0.2, 0.25) is 0 Å². The summed E-state index contributed by atoms with van der Waals surface area (Å²) in [6, 6.07) is 6.08. The molecule has 1 atom stereocenters. The number of anilines is 2. The maximum Gasteiger partial charge on any atom is 0.269 e. The molecule has 3 aliphatic rings. The highest BCUT2D eigenvalue weighted by molar-refractivity contribution is 6.00. The first-order valence-corrected chi connectivity index (χ1v) is 10.7. The van der Waals surface area contributed by atoms with E-state index in [-0.39, 0.29) is 17.0 Å².